The van der Waals surface area contributed by atoms with E-state index in [4.69, 9.17) is 5.73 Å². The Morgan fingerprint density at radius 2 is 1.95 bits per heavy atom. The topological polar surface area (TPSA) is 63.4 Å². The monoisotopic (exact) mass is 344 g/mol. The summed E-state index contributed by atoms with van der Waals surface area (Å²) >= 11 is 4.81. The number of nitrogens with zero attached hydrogens (tertiary/aromatic N) is 1. The lowest BCUT2D eigenvalue weighted by molar-refractivity contribution is -0.135. The van der Waals surface area contributed by atoms with Crippen LogP contribution in [0.1, 0.15) is 12.5 Å². The van der Waals surface area contributed by atoms with Gasteiger partial charge in [0, 0.05) is 11.0 Å². The molecule has 0 aromatic heterocycles. The first-order valence-corrected chi connectivity index (χ1v) is 7.86. The average molecular weight is 345 g/mol. The molecule has 0 spiro atoms. The van der Waals surface area contributed by atoms with Crippen LogP contribution in [0.15, 0.2) is 28.7 Å². The summed E-state index contributed by atoms with van der Waals surface area (Å²) in [6.07, 6.45) is 1.87. The average Bonchev–Trinajstić information content (AvgIpc) is 2.38. The zero-order valence-electron chi connectivity index (χ0n) is 10.9. The molecule has 0 aliphatic rings. The molecule has 6 heteroatoms. The molecule has 1 atom stereocenters. The van der Waals surface area contributed by atoms with Crippen LogP contribution in [0.5, 0.6) is 0 Å². The van der Waals surface area contributed by atoms with Crippen LogP contribution in [0.3, 0.4) is 0 Å². The lowest BCUT2D eigenvalue weighted by Crippen LogP contribution is -2.41. The van der Waals surface area contributed by atoms with Gasteiger partial charge in [0.2, 0.25) is 11.8 Å². The quantitative estimate of drug-likeness (QED) is 0.858. The van der Waals surface area contributed by atoms with Gasteiger partial charge in [0.15, 0.2) is 0 Å². The number of primary amides is 1. The number of nitrogens with two attached hydrogens (primary N) is 1. The summed E-state index contributed by atoms with van der Waals surface area (Å²) in [7, 11) is 0. The van der Waals surface area contributed by atoms with Gasteiger partial charge in [-0.05, 0) is 30.9 Å². The first kappa shape index (κ1) is 16.0. The van der Waals surface area contributed by atoms with Crippen LogP contribution in [-0.2, 0) is 16.1 Å². The van der Waals surface area contributed by atoms with Crippen molar-refractivity contribution in [1.82, 2.24) is 4.90 Å². The highest BCUT2D eigenvalue weighted by Crippen LogP contribution is 2.15. The van der Waals surface area contributed by atoms with Crippen LogP contribution < -0.4 is 5.73 Å². The molecular weight excluding hydrogens is 328 g/mol. The molecule has 0 heterocycles. The maximum atomic E-state index is 12.2. The third kappa shape index (κ3) is 5.24. The zero-order chi connectivity index (χ0) is 14.4. The van der Waals surface area contributed by atoms with Gasteiger partial charge < -0.3 is 10.6 Å². The van der Waals surface area contributed by atoms with Gasteiger partial charge in [0.1, 0.15) is 0 Å². The molecule has 0 radical (unpaired) electrons. The van der Waals surface area contributed by atoms with Crippen LogP contribution in [-0.4, -0.2) is 34.8 Å². The maximum Gasteiger partial charge on any atom is 0.237 e. The van der Waals surface area contributed by atoms with Crippen molar-refractivity contribution in [2.24, 2.45) is 5.73 Å². The molecule has 0 bridgehead atoms. The minimum absolute atomic E-state index is 0.0558. The van der Waals surface area contributed by atoms with Crippen molar-refractivity contribution in [3.63, 3.8) is 0 Å². The van der Waals surface area contributed by atoms with Gasteiger partial charge in [-0.3, -0.25) is 9.59 Å². The van der Waals surface area contributed by atoms with E-state index in [0.717, 1.165) is 10.0 Å². The maximum absolute atomic E-state index is 12.2. The normalized spacial score (nSPS) is 11.9. The predicted octanol–water partition coefficient (Wildman–Crippen LogP) is 2.01. The van der Waals surface area contributed by atoms with E-state index in [1.165, 1.54) is 16.7 Å². The lowest BCUT2D eigenvalue weighted by atomic mass is 10.2. The van der Waals surface area contributed by atoms with Gasteiger partial charge in [-0.15, -0.1) is 0 Å². The Morgan fingerprint density at radius 1 is 1.37 bits per heavy atom. The number of amides is 2. The van der Waals surface area contributed by atoms with E-state index in [9.17, 15) is 9.59 Å². The third-order valence-electron chi connectivity index (χ3n) is 2.65. The molecule has 0 fully saturated rings. The molecule has 1 aromatic carbocycles. The summed E-state index contributed by atoms with van der Waals surface area (Å²) in [6.45, 7) is 2.16. The summed E-state index contributed by atoms with van der Waals surface area (Å²) in [5, 5.41) is -0.185. The number of halogens is 1. The van der Waals surface area contributed by atoms with Gasteiger partial charge in [-0.25, -0.2) is 0 Å². The van der Waals surface area contributed by atoms with Gasteiger partial charge in [0.05, 0.1) is 11.8 Å². The van der Waals surface area contributed by atoms with Crippen molar-refractivity contribution in [3.8, 4) is 0 Å². The van der Waals surface area contributed by atoms with Gasteiger partial charge in [-0.1, -0.05) is 28.1 Å². The fourth-order valence-corrected chi connectivity index (χ4v) is 2.18. The Kier molecular flexibility index (Phi) is 6.37. The van der Waals surface area contributed by atoms with Gasteiger partial charge >= 0.3 is 0 Å². The van der Waals surface area contributed by atoms with E-state index in [0.29, 0.717) is 6.54 Å². The summed E-state index contributed by atoms with van der Waals surface area (Å²) in [5.41, 5.74) is 6.17. The number of carbonyl (C=O) groups is 2. The van der Waals surface area contributed by atoms with Crippen molar-refractivity contribution < 1.29 is 9.59 Å². The van der Waals surface area contributed by atoms with E-state index in [1.54, 1.807) is 0 Å². The number of hydrogen-bond donors (Lipinski definition) is 1. The molecule has 1 unspecified atom stereocenters. The number of carbonyl (C=O) groups excluding carboxylic acids is 2. The van der Waals surface area contributed by atoms with Gasteiger partial charge in [0.25, 0.3) is 0 Å². The molecule has 0 saturated carbocycles. The fraction of sp³-hybridized carbons (Fsp3) is 0.385. The Morgan fingerprint density at radius 3 is 2.42 bits per heavy atom. The molecule has 0 aliphatic heterocycles. The van der Waals surface area contributed by atoms with E-state index >= 15 is 0 Å². The molecule has 2 N–H and O–H groups in total. The van der Waals surface area contributed by atoms with Crippen LogP contribution in [0.4, 0.5) is 0 Å². The first-order valence-electron chi connectivity index (χ1n) is 5.78. The highest BCUT2D eigenvalue weighted by atomic mass is 79.9. The number of hydrogen-bond acceptors (Lipinski definition) is 3. The van der Waals surface area contributed by atoms with Crippen molar-refractivity contribution in [2.45, 2.75) is 18.7 Å². The highest BCUT2D eigenvalue weighted by Gasteiger charge is 2.21. The Bertz CT molecular complexity index is 450. The molecule has 1 rings (SSSR count). The molecule has 19 heavy (non-hydrogen) atoms. The summed E-state index contributed by atoms with van der Waals surface area (Å²) in [6, 6.07) is 7.63. The van der Waals surface area contributed by atoms with Crippen LogP contribution in [0.2, 0.25) is 0 Å². The minimum Gasteiger partial charge on any atom is -0.368 e. The lowest BCUT2D eigenvalue weighted by Gasteiger charge is -2.24. The molecule has 1 aromatic rings. The summed E-state index contributed by atoms with van der Waals surface area (Å²) < 4.78 is 0.974. The molecule has 4 nitrogen and oxygen atoms in total. The molecular formula is C13H17BrN2O2S. The van der Waals surface area contributed by atoms with E-state index in [1.807, 2.05) is 37.4 Å². The van der Waals surface area contributed by atoms with Crippen molar-refractivity contribution in [2.75, 3.05) is 12.8 Å². The van der Waals surface area contributed by atoms with Crippen molar-refractivity contribution in [1.29, 1.82) is 0 Å². The van der Waals surface area contributed by atoms with Crippen LogP contribution in [0.25, 0.3) is 0 Å². The molecule has 104 valence electrons. The standard InChI is InChI=1S/C13H17BrN2O2S/c1-9(19-2)13(18)16(8-12(15)17)7-10-3-5-11(14)6-4-10/h3-6,9H,7-8H2,1-2H3,(H2,15,17). The van der Waals surface area contributed by atoms with E-state index in [-0.39, 0.29) is 17.7 Å². The van der Waals surface area contributed by atoms with Gasteiger partial charge in [-0.2, -0.15) is 11.8 Å². The molecule has 0 aliphatic carbocycles. The highest BCUT2D eigenvalue weighted by molar-refractivity contribution is 9.10. The number of thioether (sulfide) groups is 1. The Hall–Kier alpha value is -1.01. The SMILES string of the molecule is CSC(C)C(=O)N(CC(N)=O)Cc1ccc(Br)cc1. The van der Waals surface area contributed by atoms with E-state index in [2.05, 4.69) is 15.9 Å². The second-order valence-corrected chi connectivity index (χ2v) is 6.26. The summed E-state index contributed by atoms with van der Waals surface area (Å²) in [4.78, 5) is 24.7. The number of benzene rings is 1. The Labute approximate surface area is 125 Å². The van der Waals surface area contributed by atoms with Crippen molar-refractivity contribution in [3.05, 3.63) is 34.3 Å². The van der Waals surface area contributed by atoms with Crippen LogP contribution >= 0.6 is 27.7 Å². The van der Waals surface area contributed by atoms with Crippen LogP contribution in [0, 0.1) is 0 Å². The second-order valence-electron chi connectivity index (χ2n) is 4.17. The molecule has 0 saturated heterocycles. The predicted molar refractivity (Wildman–Crippen MR) is 81.7 cm³/mol. The minimum atomic E-state index is -0.501. The first-order chi connectivity index (χ1) is 8.93. The summed E-state index contributed by atoms with van der Waals surface area (Å²) in [5.74, 6) is -0.576. The Balaban J connectivity index is 2.82. The third-order valence-corrected chi connectivity index (χ3v) is 4.08. The zero-order valence-corrected chi connectivity index (χ0v) is 13.3. The number of rotatable bonds is 6. The molecule has 2 amide bonds. The van der Waals surface area contributed by atoms with E-state index < -0.39 is 5.91 Å². The smallest absolute Gasteiger partial charge is 0.237 e. The fourth-order valence-electron chi connectivity index (χ4n) is 1.57. The largest absolute Gasteiger partial charge is 0.368 e. The second kappa shape index (κ2) is 7.55. The van der Waals surface area contributed by atoms with Crippen molar-refractivity contribution >= 4 is 39.5 Å².